The van der Waals surface area contributed by atoms with Crippen LogP contribution in [0.5, 0.6) is 0 Å². The van der Waals surface area contributed by atoms with Gasteiger partial charge in [0.05, 0.1) is 36.6 Å². The van der Waals surface area contributed by atoms with Gasteiger partial charge >= 0.3 is 6.09 Å². The molecule has 0 aliphatic carbocycles. The number of carbonyl (C=O) groups is 2. The minimum absolute atomic E-state index is 0.0673. The van der Waals surface area contributed by atoms with E-state index in [1.807, 2.05) is 68.5 Å². The number of amides is 2. The van der Waals surface area contributed by atoms with Crippen molar-refractivity contribution in [3.63, 3.8) is 0 Å². The number of hydrogen-bond acceptors (Lipinski definition) is 8. The van der Waals surface area contributed by atoms with Gasteiger partial charge in [0.25, 0.3) is 0 Å². The molecule has 2 unspecified atom stereocenters. The molecule has 1 aromatic carbocycles. The molecule has 48 heavy (non-hydrogen) atoms. The molecule has 2 saturated heterocycles. The Bertz CT molecular complexity index is 1560. The average Bonchev–Trinajstić information content (AvgIpc) is 3.41. The van der Waals surface area contributed by atoms with E-state index in [1.165, 1.54) is 0 Å². The zero-order chi connectivity index (χ0) is 34.8. The molecule has 2 bridgehead atoms. The van der Waals surface area contributed by atoms with Gasteiger partial charge < -0.3 is 33.5 Å². The Kier molecular flexibility index (Phi) is 11.1. The molecule has 0 spiro atoms. The lowest BCUT2D eigenvalue weighted by Crippen LogP contribution is -2.66. The van der Waals surface area contributed by atoms with E-state index in [2.05, 4.69) is 29.5 Å². The first-order valence-electron chi connectivity index (χ1n) is 16.9. The predicted octanol–water partition coefficient (Wildman–Crippen LogP) is 6.24. The van der Waals surface area contributed by atoms with Crippen molar-refractivity contribution in [3.8, 4) is 0 Å². The summed E-state index contributed by atoms with van der Waals surface area (Å²) in [5.41, 5.74) is 1.13. The highest BCUT2D eigenvalue weighted by atomic mass is 35.5. The van der Waals surface area contributed by atoms with Gasteiger partial charge in [-0.25, -0.2) is 14.8 Å². The van der Waals surface area contributed by atoms with E-state index in [4.69, 9.17) is 30.8 Å². The van der Waals surface area contributed by atoms with Gasteiger partial charge in [-0.05, 0) is 64.4 Å². The molecule has 2 aliphatic rings. The number of piperazine rings is 1. The van der Waals surface area contributed by atoms with Crippen LogP contribution < -0.4 is 4.90 Å². The second-order valence-electron chi connectivity index (χ2n) is 15.4. The van der Waals surface area contributed by atoms with Gasteiger partial charge in [-0.15, -0.1) is 0 Å². The maximum absolute atomic E-state index is 14.4. The molecule has 3 aromatic rings. The highest BCUT2D eigenvalue weighted by Crippen LogP contribution is 2.34. The predicted molar refractivity (Wildman–Crippen MR) is 191 cm³/mol. The third kappa shape index (κ3) is 8.32. The summed E-state index contributed by atoms with van der Waals surface area (Å²) in [5, 5.41) is 1.52. The lowest BCUT2D eigenvalue weighted by atomic mass is 9.96. The van der Waals surface area contributed by atoms with E-state index in [0.29, 0.717) is 38.1 Å². The van der Waals surface area contributed by atoms with Crippen molar-refractivity contribution in [2.45, 2.75) is 96.6 Å². The van der Waals surface area contributed by atoms with Crippen LogP contribution in [0.3, 0.4) is 0 Å². The zero-order valence-corrected chi connectivity index (χ0v) is 31.4. The van der Waals surface area contributed by atoms with Crippen molar-refractivity contribution in [1.29, 1.82) is 0 Å². The Morgan fingerprint density at radius 1 is 1.06 bits per heavy atom. The average molecular weight is 699 g/mol. The second-order valence-corrected chi connectivity index (χ2v) is 21.4. The van der Waals surface area contributed by atoms with Crippen LogP contribution in [0.1, 0.15) is 46.1 Å². The summed E-state index contributed by atoms with van der Waals surface area (Å²) in [4.78, 5) is 42.9. The Balaban J connectivity index is 1.34. The number of rotatable bonds is 11. The molecule has 0 radical (unpaired) electrons. The van der Waals surface area contributed by atoms with E-state index in [1.54, 1.807) is 23.4 Å². The van der Waals surface area contributed by atoms with Gasteiger partial charge in [-0.1, -0.05) is 43.4 Å². The van der Waals surface area contributed by atoms with Crippen LogP contribution in [0, 0.1) is 0 Å². The normalized spacial score (nSPS) is 19.1. The van der Waals surface area contributed by atoms with Crippen LogP contribution in [-0.2, 0) is 25.7 Å². The van der Waals surface area contributed by atoms with Crippen molar-refractivity contribution < 1.29 is 23.8 Å². The quantitative estimate of drug-likeness (QED) is 0.171. The lowest BCUT2D eigenvalue weighted by molar-refractivity contribution is -0.137. The van der Waals surface area contributed by atoms with Crippen LogP contribution in [0.2, 0.25) is 30.7 Å². The minimum atomic E-state index is -1.18. The summed E-state index contributed by atoms with van der Waals surface area (Å²) < 4.78 is 19.9. The Morgan fingerprint density at radius 3 is 2.33 bits per heavy atom. The van der Waals surface area contributed by atoms with Crippen molar-refractivity contribution in [1.82, 2.24) is 24.3 Å². The molecule has 4 heterocycles. The number of benzene rings is 1. The summed E-state index contributed by atoms with van der Waals surface area (Å²) in [6.07, 6.45) is 3.16. The maximum atomic E-state index is 14.4. The zero-order valence-electron chi connectivity index (χ0n) is 29.6. The Hall–Kier alpha value is -3.19. The highest BCUT2D eigenvalue weighted by Gasteiger charge is 2.43. The molecule has 2 aromatic heterocycles. The molecule has 11 nitrogen and oxygen atoms in total. The number of aromatic nitrogens is 3. The number of anilines is 1. The first kappa shape index (κ1) is 36.1. The molecule has 0 N–H and O–H groups in total. The third-order valence-electron chi connectivity index (χ3n) is 8.97. The summed E-state index contributed by atoms with van der Waals surface area (Å²) in [7, 11) is -1.18. The first-order chi connectivity index (χ1) is 22.6. The molecule has 262 valence electrons. The number of carbonyl (C=O) groups excluding carboxylic acids is 2. The lowest BCUT2D eigenvalue weighted by Gasteiger charge is -2.50. The van der Waals surface area contributed by atoms with Crippen molar-refractivity contribution in [3.05, 3.63) is 53.4 Å². The minimum Gasteiger partial charge on any atom is -0.448 e. The fourth-order valence-corrected chi connectivity index (χ4v) is 7.62. The standard InChI is InChI=1S/C35H51ClN6O5Si/c1-24(2)42(35(3,4)5)34(44)47-21-30(25-9-11-26(36)12-10-25)33(43)40-17-27-19-46-20-28(18-40)41(27)32-29-13-14-39(31(29)37-22-38-32)23-45-15-16-48(6,7)8/h9-14,22,24,27-28,30H,15-21,23H2,1-8H3/t27?,28?,30-/m1/s1. The summed E-state index contributed by atoms with van der Waals surface area (Å²) >= 11 is 6.20. The van der Waals surface area contributed by atoms with E-state index >= 15 is 0 Å². The largest absolute Gasteiger partial charge is 0.448 e. The van der Waals surface area contributed by atoms with Crippen LogP contribution in [0.15, 0.2) is 42.9 Å². The second kappa shape index (κ2) is 14.7. The topological polar surface area (TPSA) is 102 Å². The molecule has 13 heteroatoms. The molecule has 5 rings (SSSR count). The molecule has 2 aliphatic heterocycles. The van der Waals surface area contributed by atoms with E-state index in [9.17, 15) is 9.59 Å². The van der Waals surface area contributed by atoms with Crippen LogP contribution in [0.4, 0.5) is 10.6 Å². The molecule has 3 atom stereocenters. The van der Waals surface area contributed by atoms with E-state index in [0.717, 1.165) is 35.1 Å². The molecular weight excluding hydrogens is 648 g/mol. The fraction of sp³-hybridized carbons (Fsp3) is 0.600. The highest BCUT2D eigenvalue weighted by molar-refractivity contribution is 6.76. The molecular formula is C35H51ClN6O5Si. The Labute approximate surface area is 290 Å². The number of nitrogens with zero attached hydrogens (tertiary/aromatic N) is 6. The number of fused-ring (bicyclic) bond motifs is 3. The third-order valence-corrected chi connectivity index (χ3v) is 10.9. The monoisotopic (exact) mass is 698 g/mol. The van der Waals surface area contributed by atoms with Gasteiger partial charge in [0.15, 0.2) is 0 Å². The smallest absolute Gasteiger partial charge is 0.410 e. The summed E-state index contributed by atoms with van der Waals surface area (Å²) in [6.45, 7) is 19.8. The van der Waals surface area contributed by atoms with Gasteiger partial charge in [0.1, 0.15) is 31.1 Å². The van der Waals surface area contributed by atoms with E-state index in [-0.39, 0.29) is 30.6 Å². The van der Waals surface area contributed by atoms with E-state index < -0.39 is 25.6 Å². The molecule has 2 amide bonds. The summed E-state index contributed by atoms with van der Waals surface area (Å²) in [6, 6.07) is 10.1. The number of ether oxygens (including phenoxy) is 3. The maximum Gasteiger partial charge on any atom is 0.410 e. The summed E-state index contributed by atoms with van der Waals surface area (Å²) in [5.74, 6) is 0.0579. The molecule has 0 saturated carbocycles. The van der Waals surface area contributed by atoms with Crippen molar-refractivity contribution in [2.24, 2.45) is 0 Å². The number of hydrogen-bond donors (Lipinski definition) is 0. The number of morpholine rings is 1. The molecule has 2 fully saturated rings. The SMILES string of the molecule is CC(C)N(C(=O)OC[C@@H](C(=O)N1CC2COCC(C1)N2c1ncnc2c1ccn2COCC[Si](C)(C)C)c1ccc(Cl)cc1)C(C)(C)C. The van der Waals surface area contributed by atoms with Crippen LogP contribution >= 0.6 is 11.6 Å². The van der Waals surface area contributed by atoms with Gasteiger partial charge in [0, 0.05) is 50.6 Å². The van der Waals surface area contributed by atoms with Gasteiger partial charge in [0.2, 0.25) is 5.91 Å². The van der Waals surface area contributed by atoms with Crippen molar-refractivity contribution in [2.75, 3.05) is 44.4 Å². The Morgan fingerprint density at radius 2 is 1.73 bits per heavy atom. The van der Waals surface area contributed by atoms with Gasteiger partial charge in [-0.3, -0.25) is 4.79 Å². The van der Waals surface area contributed by atoms with Gasteiger partial charge in [-0.2, -0.15) is 0 Å². The van der Waals surface area contributed by atoms with Crippen molar-refractivity contribution >= 4 is 48.5 Å². The van der Waals surface area contributed by atoms with Crippen LogP contribution in [0.25, 0.3) is 11.0 Å². The van der Waals surface area contributed by atoms with Crippen LogP contribution in [-0.4, -0.2) is 108 Å². The number of halogens is 1. The fourth-order valence-electron chi connectivity index (χ4n) is 6.74. The first-order valence-corrected chi connectivity index (χ1v) is 21.0.